The molecule has 7 nitrogen and oxygen atoms in total. The number of piperidine rings is 1. The number of urea groups is 1. The molecule has 0 aromatic carbocycles. The molecular weight excluding hydrogens is 292 g/mol. The van der Waals surface area contributed by atoms with E-state index in [2.05, 4.69) is 32.1 Å². The molecule has 2 aliphatic heterocycles. The molecule has 2 aliphatic rings. The number of hydrogen-bond donors (Lipinski definition) is 1. The van der Waals surface area contributed by atoms with Crippen LogP contribution in [0.25, 0.3) is 0 Å². The van der Waals surface area contributed by atoms with Crippen LogP contribution in [0.1, 0.15) is 19.3 Å². The average Bonchev–Trinajstić information content (AvgIpc) is 2.81. The lowest BCUT2D eigenvalue weighted by molar-refractivity contribution is 0.193. The van der Waals surface area contributed by atoms with Crippen LogP contribution in [-0.4, -0.2) is 78.2 Å². The van der Waals surface area contributed by atoms with Crippen LogP contribution in [0.4, 0.5) is 10.7 Å². The zero-order chi connectivity index (χ0) is 16.1. The van der Waals surface area contributed by atoms with Crippen LogP contribution in [0.5, 0.6) is 0 Å². The molecule has 0 aliphatic carbocycles. The number of nitrogens with one attached hydrogen (secondary N) is 1. The van der Waals surface area contributed by atoms with Gasteiger partial charge < -0.3 is 20.0 Å². The smallest absolute Gasteiger partial charge is 0.317 e. The molecule has 126 valence electrons. The maximum Gasteiger partial charge on any atom is 0.317 e. The molecule has 2 fully saturated rings. The highest BCUT2D eigenvalue weighted by atomic mass is 16.2. The van der Waals surface area contributed by atoms with E-state index in [0.717, 1.165) is 64.5 Å². The minimum Gasteiger partial charge on any atom is -0.339 e. The molecule has 0 bridgehead atoms. The Morgan fingerprint density at radius 1 is 1.13 bits per heavy atom. The highest BCUT2D eigenvalue weighted by Gasteiger charge is 2.25. The quantitative estimate of drug-likeness (QED) is 0.873. The number of aromatic nitrogens is 2. The predicted octanol–water partition coefficient (Wildman–Crippen LogP) is 0.793. The third-order valence-corrected chi connectivity index (χ3v) is 4.59. The maximum atomic E-state index is 12.5. The van der Waals surface area contributed by atoms with Crippen molar-refractivity contribution < 1.29 is 4.79 Å². The standard InChI is InChI=1S/C16H26N6O/c1-20-8-4-10-21(12-11-20)16(23)19-14-5-2-9-22(13-14)15-17-6-3-7-18-15/h3,6-7,14H,2,4-5,8-13H2,1H3,(H,19,23)/t14-/m0/s1. The number of carbonyl (C=O) groups is 1. The van der Waals surface area contributed by atoms with Crippen LogP contribution in [0.15, 0.2) is 18.5 Å². The lowest BCUT2D eigenvalue weighted by Crippen LogP contribution is -2.52. The fourth-order valence-electron chi connectivity index (χ4n) is 3.25. The van der Waals surface area contributed by atoms with E-state index in [4.69, 9.17) is 0 Å². The number of hydrogen-bond acceptors (Lipinski definition) is 5. The van der Waals surface area contributed by atoms with E-state index in [1.54, 1.807) is 12.4 Å². The van der Waals surface area contributed by atoms with E-state index in [9.17, 15) is 4.79 Å². The van der Waals surface area contributed by atoms with Gasteiger partial charge in [-0.05, 0) is 38.9 Å². The largest absolute Gasteiger partial charge is 0.339 e. The zero-order valence-electron chi connectivity index (χ0n) is 13.8. The molecule has 23 heavy (non-hydrogen) atoms. The van der Waals surface area contributed by atoms with Gasteiger partial charge in [-0.2, -0.15) is 0 Å². The molecule has 7 heteroatoms. The van der Waals surface area contributed by atoms with Crippen LogP contribution in [0.3, 0.4) is 0 Å². The van der Waals surface area contributed by atoms with E-state index in [-0.39, 0.29) is 12.1 Å². The molecular formula is C16H26N6O. The lowest BCUT2D eigenvalue weighted by atomic mass is 10.1. The Morgan fingerprint density at radius 3 is 2.78 bits per heavy atom. The minimum atomic E-state index is 0.0705. The SMILES string of the molecule is CN1CCCN(C(=O)N[C@H]2CCCN(c3ncccn3)C2)CC1. The van der Waals surface area contributed by atoms with Crippen LogP contribution in [0.2, 0.25) is 0 Å². The number of amides is 2. The Morgan fingerprint density at radius 2 is 1.96 bits per heavy atom. The van der Waals surface area contributed by atoms with E-state index >= 15 is 0 Å². The van der Waals surface area contributed by atoms with E-state index in [0.29, 0.717) is 0 Å². The first kappa shape index (κ1) is 16.0. The van der Waals surface area contributed by atoms with Gasteiger partial charge >= 0.3 is 6.03 Å². The average molecular weight is 318 g/mol. The van der Waals surface area contributed by atoms with Gasteiger partial charge in [0.2, 0.25) is 5.95 Å². The molecule has 0 radical (unpaired) electrons. The number of likely N-dealkylation sites (N-methyl/N-ethyl adjacent to an activating group) is 1. The van der Waals surface area contributed by atoms with Crippen molar-refractivity contribution in [3.8, 4) is 0 Å². The number of anilines is 1. The molecule has 1 atom stereocenters. The Bertz CT molecular complexity index is 511. The number of carbonyl (C=O) groups excluding carboxylic acids is 1. The fourth-order valence-corrected chi connectivity index (χ4v) is 3.25. The fraction of sp³-hybridized carbons (Fsp3) is 0.688. The van der Waals surface area contributed by atoms with Crippen molar-refractivity contribution in [3.05, 3.63) is 18.5 Å². The van der Waals surface area contributed by atoms with Gasteiger partial charge in [-0.25, -0.2) is 14.8 Å². The van der Waals surface area contributed by atoms with Crippen LogP contribution in [0, 0.1) is 0 Å². The summed E-state index contributed by atoms with van der Waals surface area (Å²) in [5.74, 6) is 0.753. The van der Waals surface area contributed by atoms with Gasteiger partial charge in [0.1, 0.15) is 0 Å². The molecule has 1 N–H and O–H groups in total. The van der Waals surface area contributed by atoms with Crippen molar-refractivity contribution in [2.45, 2.75) is 25.3 Å². The summed E-state index contributed by atoms with van der Waals surface area (Å²) in [5.41, 5.74) is 0. The first-order valence-electron chi connectivity index (χ1n) is 8.48. The number of rotatable bonds is 2. The zero-order valence-corrected chi connectivity index (χ0v) is 13.8. The molecule has 2 saturated heterocycles. The second kappa shape index (κ2) is 7.59. The second-order valence-corrected chi connectivity index (χ2v) is 6.43. The lowest BCUT2D eigenvalue weighted by Gasteiger charge is -2.34. The highest BCUT2D eigenvalue weighted by molar-refractivity contribution is 5.74. The Labute approximate surface area is 137 Å². The predicted molar refractivity (Wildman–Crippen MR) is 89.5 cm³/mol. The summed E-state index contributed by atoms with van der Waals surface area (Å²) in [6, 6.07) is 2.06. The van der Waals surface area contributed by atoms with E-state index in [1.807, 2.05) is 11.0 Å². The highest BCUT2D eigenvalue weighted by Crippen LogP contribution is 2.15. The molecule has 0 spiro atoms. The topological polar surface area (TPSA) is 64.6 Å². The van der Waals surface area contributed by atoms with Crippen molar-refractivity contribution in [2.24, 2.45) is 0 Å². The summed E-state index contributed by atoms with van der Waals surface area (Å²) in [5, 5.41) is 3.20. The van der Waals surface area contributed by atoms with Gasteiger partial charge in [0.15, 0.2) is 0 Å². The van der Waals surface area contributed by atoms with Crippen molar-refractivity contribution >= 4 is 12.0 Å². The van der Waals surface area contributed by atoms with Crippen LogP contribution >= 0.6 is 0 Å². The Hall–Kier alpha value is -1.89. The molecule has 3 rings (SSSR count). The first-order chi connectivity index (χ1) is 11.2. The van der Waals surface area contributed by atoms with Crippen molar-refractivity contribution in [3.63, 3.8) is 0 Å². The number of nitrogens with zero attached hydrogens (tertiary/aromatic N) is 5. The summed E-state index contributed by atoms with van der Waals surface area (Å²) in [7, 11) is 2.11. The second-order valence-electron chi connectivity index (χ2n) is 6.43. The van der Waals surface area contributed by atoms with Crippen molar-refractivity contribution in [2.75, 3.05) is 51.2 Å². The molecule has 0 unspecified atom stereocenters. The van der Waals surface area contributed by atoms with Gasteiger partial charge in [-0.15, -0.1) is 0 Å². The van der Waals surface area contributed by atoms with Crippen LogP contribution < -0.4 is 10.2 Å². The normalized spacial score (nSPS) is 23.4. The van der Waals surface area contributed by atoms with Crippen LogP contribution in [-0.2, 0) is 0 Å². The molecule has 3 heterocycles. The summed E-state index contributed by atoms with van der Waals surface area (Å²) in [6.07, 6.45) is 6.63. The van der Waals surface area contributed by atoms with Gasteiger partial charge in [0, 0.05) is 51.2 Å². The minimum absolute atomic E-state index is 0.0705. The maximum absolute atomic E-state index is 12.5. The van der Waals surface area contributed by atoms with E-state index < -0.39 is 0 Å². The molecule has 2 amide bonds. The van der Waals surface area contributed by atoms with Crippen molar-refractivity contribution in [1.82, 2.24) is 25.1 Å². The van der Waals surface area contributed by atoms with Gasteiger partial charge in [0.05, 0.1) is 0 Å². The van der Waals surface area contributed by atoms with Crippen molar-refractivity contribution in [1.29, 1.82) is 0 Å². The van der Waals surface area contributed by atoms with Gasteiger partial charge in [0.25, 0.3) is 0 Å². The summed E-state index contributed by atoms with van der Waals surface area (Å²) >= 11 is 0. The summed E-state index contributed by atoms with van der Waals surface area (Å²) < 4.78 is 0. The molecule has 0 saturated carbocycles. The molecule has 1 aromatic heterocycles. The van der Waals surface area contributed by atoms with E-state index in [1.165, 1.54) is 0 Å². The van der Waals surface area contributed by atoms with Gasteiger partial charge in [-0.3, -0.25) is 0 Å². The monoisotopic (exact) mass is 318 g/mol. The molecule has 1 aromatic rings. The Balaban J connectivity index is 1.54. The van der Waals surface area contributed by atoms with Gasteiger partial charge in [-0.1, -0.05) is 0 Å². The summed E-state index contributed by atoms with van der Waals surface area (Å²) in [6.45, 7) is 5.39. The third kappa shape index (κ3) is 4.31. The first-order valence-corrected chi connectivity index (χ1v) is 8.48. The third-order valence-electron chi connectivity index (χ3n) is 4.59. The Kier molecular flexibility index (Phi) is 5.27. The summed E-state index contributed by atoms with van der Waals surface area (Å²) in [4.78, 5) is 27.5.